The molecule has 0 radical (unpaired) electrons. The summed E-state index contributed by atoms with van der Waals surface area (Å²) >= 11 is 1.35. The third-order valence-electron chi connectivity index (χ3n) is 7.29. The van der Waals surface area contributed by atoms with Crippen molar-refractivity contribution in [2.24, 2.45) is 5.41 Å². The lowest BCUT2D eigenvalue weighted by Gasteiger charge is -2.55. The van der Waals surface area contributed by atoms with Crippen molar-refractivity contribution < 1.29 is 33.1 Å². The molecule has 1 aromatic heterocycles. The number of barbiturate groups is 1. The third-order valence-corrected chi connectivity index (χ3v) is 8.40. The van der Waals surface area contributed by atoms with Crippen LogP contribution in [0.25, 0.3) is 11.0 Å². The number of ether oxygens (including phenoxy) is 1. The number of benzene rings is 1. The highest BCUT2D eigenvalue weighted by Gasteiger charge is 2.63. The Kier molecular flexibility index (Phi) is 4.86. The molecule has 6 rings (SSSR count). The molecule has 4 amide bonds. The molecular weight excluding hydrogens is 481 g/mol. The zero-order chi connectivity index (χ0) is 24.8. The van der Waals surface area contributed by atoms with Crippen molar-refractivity contribution in [3.05, 3.63) is 17.4 Å². The first-order valence-electron chi connectivity index (χ1n) is 11.4. The minimum absolute atomic E-state index is 0.0651. The van der Waals surface area contributed by atoms with Crippen molar-refractivity contribution in [3.63, 3.8) is 0 Å². The maximum Gasteiger partial charge on any atom is 0.328 e. The average molecular weight is 506 g/mol. The van der Waals surface area contributed by atoms with Crippen LogP contribution in [0.3, 0.4) is 0 Å². The number of aliphatic hydroxyl groups excluding tert-OH is 1. The van der Waals surface area contributed by atoms with Crippen LogP contribution in [-0.2, 0) is 20.7 Å². The molecular formula is C22H24FN5O6S. The van der Waals surface area contributed by atoms with Crippen LogP contribution in [-0.4, -0.2) is 70.3 Å². The van der Waals surface area contributed by atoms with E-state index in [9.17, 15) is 19.5 Å². The fourth-order valence-electron chi connectivity index (χ4n) is 6.03. The van der Waals surface area contributed by atoms with E-state index in [0.29, 0.717) is 23.3 Å². The second-order valence-electron chi connectivity index (χ2n) is 9.64. The van der Waals surface area contributed by atoms with Crippen LogP contribution >= 0.6 is 11.8 Å². The number of aromatic nitrogens is 1. The number of aliphatic hydroxyl groups is 1. The molecule has 1 unspecified atom stereocenters. The molecule has 3 fully saturated rings. The van der Waals surface area contributed by atoms with Crippen LogP contribution in [0.1, 0.15) is 26.3 Å². The molecule has 3 N–H and O–H groups in total. The number of imide groups is 2. The number of nitrogens with zero attached hydrogens (tertiary/aromatic N) is 3. The van der Waals surface area contributed by atoms with Crippen LogP contribution in [0.5, 0.6) is 0 Å². The van der Waals surface area contributed by atoms with Crippen molar-refractivity contribution in [1.29, 1.82) is 0 Å². The standard InChI is InChI=1S/C22H24FN5O6S/c1-8-6-27-14-11(5-22(16(27)10(3)33-8)18(29)24-20(31)25-19(22)30)4-12-15(13(14)23)34-26-17(12)28-7-9(2)35-21(28)32/h4,8-10,16,21,32H,5-7H2,1-3H3,(H2,24,25,29,30,31)/t8-,9+,10+,16-,21?/m1/s1. The van der Waals surface area contributed by atoms with Crippen LogP contribution < -0.4 is 20.4 Å². The summed E-state index contributed by atoms with van der Waals surface area (Å²) in [6.45, 7) is 6.23. The molecule has 1 aromatic carbocycles. The zero-order valence-electron chi connectivity index (χ0n) is 19.2. The van der Waals surface area contributed by atoms with E-state index in [4.69, 9.17) is 9.26 Å². The molecule has 0 aliphatic carbocycles. The van der Waals surface area contributed by atoms with Crippen LogP contribution in [0.4, 0.5) is 20.7 Å². The number of carbonyl (C=O) groups is 3. The van der Waals surface area contributed by atoms with Gasteiger partial charge in [-0.2, -0.15) is 0 Å². The number of urea groups is 1. The van der Waals surface area contributed by atoms with Crippen molar-refractivity contribution in [1.82, 2.24) is 15.8 Å². The van der Waals surface area contributed by atoms with E-state index < -0.39 is 46.8 Å². The predicted octanol–water partition coefficient (Wildman–Crippen LogP) is 1.08. The van der Waals surface area contributed by atoms with Crippen molar-refractivity contribution in [2.45, 2.75) is 56.3 Å². The summed E-state index contributed by atoms with van der Waals surface area (Å²) in [6, 6.07) is -0.0794. The first kappa shape index (κ1) is 22.6. The van der Waals surface area contributed by atoms with Gasteiger partial charge in [0.05, 0.1) is 29.3 Å². The molecule has 4 aliphatic rings. The molecule has 5 heterocycles. The van der Waals surface area contributed by atoms with Gasteiger partial charge in [-0.3, -0.25) is 20.2 Å². The molecule has 186 valence electrons. The maximum atomic E-state index is 16.1. The Bertz CT molecular complexity index is 1260. The molecule has 5 atom stereocenters. The Labute approximate surface area is 203 Å². The molecule has 2 aromatic rings. The quantitative estimate of drug-likeness (QED) is 0.483. The molecule has 13 heteroatoms. The van der Waals surface area contributed by atoms with E-state index in [0.717, 1.165) is 0 Å². The van der Waals surface area contributed by atoms with E-state index in [1.165, 1.54) is 11.8 Å². The van der Waals surface area contributed by atoms with E-state index in [2.05, 4.69) is 15.8 Å². The first-order valence-corrected chi connectivity index (χ1v) is 12.4. The number of amides is 4. The van der Waals surface area contributed by atoms with Gasteiger partial charge in [0.2, 0.25) is 17.4 Å². The third kappa shape index (κ3) is 3.04. The summed E-state index contributed by atoms with van der Waals surface area (Å²) in [5.41, 5.74) is -2.01. The highest BCUT2D eigenvalue weighted by atomic mass is 32.2. The van der Waals surface area contributed by atoms with E-state index in [-0.39, 0.29) is 35.6 Å². The van der Waals surface area contributed by atoms with Crippen molar-refractivity contribution in [3.8, 4) is 0 Å². The topological polar surface area (TPSA) is 137 Å². The second-order valence-corrected chi connectivity index (χ2v) is 11.1. The number of halogens is 1. The Morgan fingerprint density at radius 3 is 2.54 bits per heavy atom. The minimum Gasteiger partial charge on any atom is -0.372 e. The predicted molar refractivity (Wildman–Crippen MR) is 123 cm³/mol. The lowest BCUT2D eigenvalue weighted by atomic mass is 9.66. The molecule has 35 heavy (non-hydrogen) atoms. The number of fused-ring (bicyclic) bond motifs is 5. The number of morpholine rings is 1. The highest BCUT2D eigenvalue weighted by Crippen LogP contribution is 2.50. The van der Waals surface area contributed by atoms with Crippen LogP contribution in [0.15, 0.2) is 10.6 Å². The summed E-state index contributed by atoms with van der Waals surface area (Å²) in [7, 11) is 0. The van der Waals surface area contributed by atoms with Gasteiger partial charge in [-0.15, -0.1) is 11.8 Å². The fourth-order valence-corrected chi connectivity index (χ4v) is 7.02. The van der Waals surface area contributed by atoms with Gasteiger partial charge in [-0.05, 0) is 25.5 Å². The number of carbonyl (C=O) groups excluding carboxylic acids is 3. The van der Waals surface area contributed by atoms with E-state index in [1.807, 2.05) is 13.8 Å². The molecule has 3 saturated heterocycles. The van der Waals surface area contributed by atoms with Gasteiger partial charge in [0.25, 0.3) is 0 Å². The summed E-state index contributed by atoms with van der Waals surface area (Å²) < 4.78 is 27.5. The number of rotatable bonds is 1. The molecule has 4 aliphatic heterocycles. The van der Waals surface area contributed by atoms with Gasteiger partial charge in [-0.1, -0.05) is 12.1 Å². The van der Waals surface area contributed by atoms with E-state index >= 15 is 4.39 Å². The Morgan fingerprint density at radius 2 is 1.89 bits per heavy atom. The largest absolute Gasteiger partial charge is 0.372 e. The monoisotopic (exact) mass is 505 g/mol. The summed E-state index contributed by atoms with van der Waals surface area (Å²) in [6.07, 6.45) is -1.07. The summed E-state index contributed by atoms with van der Waals surface area (Å²) in [4.78, 5) is 41.8. The maximum absolute atomic E-state index is 16.1. The Hall–Kier alpha value is -2.90. The van der Waals surface area contributed by atoms with Gasteiger partial charge in [0.1, 0.15) is 0 Å². The number of thioether (sulfide) groups is 1. The molecule has 11 nitrogen and oxygen atoms in total. The number of nitrogens with one attached hydrogen (secondary N) is 2. The van der Waals surface area contributed by atoms with Gasteiger partial charge in [0.15, 0.2) is 22.6 Å². The smallest absolute Gasteiger partial charge is 0.328 e. The normalized spacial score (nSPS) is 32.0. The number of hydrogen-bond acceptors (Lipinski definition) is 10. The Balaban J connectivity index is 1.56. The van der Waals surface area contributed by atoms with E-state index in [1.54, 1.807) is 22.8 Å². The Morgan fingerprint density at radius 1 is 1.17 bits per heavy atom. The van der Waals surface area contributed by atoms with Gasteiger partial charge in [-0.25, -0.2) is 9.18 Å². The van der Waals surface area contributed by atoms with Crippen LogP contribution in [0.2, 0.25) is 0 Å². The zero-order valence-corrected chi connectivity index (χ0v) is 20.0. The molecule has 1 spiro atoms. The molecule has 0 bridgehead atoms. The highest BCUT2D eigenvalue weighted by molar-refractivity contribution is 8.00. The van der Waals surface area contributed by atoms with Crippen molar-refractivity contribution in [2.75, 3.05) is 22.9 Å². The lowest BCUT2D eigenvalue weighted by molar-refractivity contribution is -0.153. The summed E-state index contributed by atoms with van der Waals surface area (Å²) in [5, 5.41) is 19.4. The van der Waals surface area contributed by atoms with Gasteiger partial charge >= 0.3 is 6.03 Å². The minimum atomic E-state index is -1.71. The first-order chi connectivity index (χ1) is 16.6. The number of hydrogen-bond donors (Lipinski definition) is 3. The second kappa shape index (κ2) is 7.55. The van der Waals surface area contributed by atoms with Gasteiger partial charge < -0.3 is 24.2 Å². The number of anilines is 2. The van der Waals surface area contributed by atoms with Gasteiger partial charge in [0, 0.05) is 24.8 Å². The SMILES string of the molecule is C[C@@H]1CN2c3c(cc4c(N5C[C@H](C)SC5O)noc4c3F)CC3(C(=O)NC(=O)NC3=O)[C@H]2[C@H](C)O1. The van der Waals surface area contributed by atoms with Crippen molar-refractivity contribution >= 4 is 52.1 Å². The molecule has 0 saturated carbocycles. The fraction of sp³-hybridized carbons (Fsp3) is 0.545. The average Bonchev–Trinajstić information content (AvgIpc) is 3.33. The summed E-state index contributed by atoms with van der Waals surface area (Å²) in [5.74, 6) is -1.86. The van der Waals surface area contributed by atoms with Crippen LogP contribution in [0, 0.1) is 11.2 Å². The lowest BCUT2D eigenvalue weighted by Crippen LogP contribution is -2.75.